The number of hydrogen-bond donors (Lipinski definition) is 0. The number of ether oxygens (including phenoxy) is 1. The maximum absolute atomic E-state index is 6.06. The summed E-state index contributed by atoms with van der Waals surface area (Å²) in [7, 11) is 0. The SMILES string of the molecule is CCN(c1ccccc1)c1cc(C(C)C)c2c(c1)C(C)(C)CO2. The van der Waals surface area contributed by atoms with Gasteiger partial charge in [0, 0.05) is 28.9 Å². The number of fused-ring (bicyclic) bond motifs is 1. The molecule has 2 aromatic rings. The van der Waals surface area contributed by atoms with E-state index in [1.807, 2.05) is 0 Å². The fraction of sp³-hybridized carbons (Fsp3) is 0.429. The lowest BCUT2D eigenvalue weighted by Crippen LogP contribution is -2.20. The third-order valence-electron chi connectivity index (χ3n) is 4.73. The Bertz CT molecular complexity index is 688. The lowest BCUT2D eigenvalue weighted by atomic mass is 9.84. The first kappa shape index (κ1) is 15.9. The van der Waals surface area contributed by atoms with Crippen molar-refractivity contribution in [2.45, 2.75) is 46.0 Å². The zero-order valence-corrected chi connectivity index (χ0v) is 14.9. The van der Waals surface area contributed by atoms with Gasteiger partial charge in [0.25, 0.3) is 0 Å². The zero-order chi connectivity index (χ0) is 16.6. The zero-order valence-electron chi connectivity index (χ0n) is 14.9. The summed E-state index contributed by atoms with van der Waals surface area (Å²) >= 11 is 0. The Morgan fingerprint density at radius 1 is 1.09 bits per heavy atom. The van der Waals surface area contributed by atoms with Crippen LogP contribution in [0.1, 0.15) is 51.7 Å². The molecule has 1 aliphatic heterocycles. The molecule has 0 bridgehead atoms. The molecule has 0 unspecified atom stereocenters. The molecule has 0 fully saturated rings. The summed E-state index contributed by atoms with van der Waals surface area (Å²) in [4.78, 5) is 2.38. The predicted molar refractivity (Wildman–Crippen MR) is 98.2 cm³/mol. The fourth-order valence-electron chi connectivity index (χ4n) is 3.34. The quantitative estimate of drug-likeness (QED) is 0.725. The molecular formula is C21H27NO. The second-order valence-corrected chi connectivity index (χ2v) is 7.32. The lowest BCUT2D eigenvalue weighted by Gasteiger charge is -2.27. The van der Waals surface area contributed by atoms with Crippen LogP contribution in [-0.4, -0.2) is 13.2 Å². The molecule has 0 spiro atoms. The molecule has 1 aliphatic rings. The first-order valence-electron chi connectivity index (χ1n) is 8.58. The van der Waals surface area contributed by atoms with Gasteiger partial charge in [-0.25, -0.2) is 0 Å². The maximum atomic E-state index is 6.06. The van der Waals surface area contributed by atoms with Crippen LogP contribution in [0.25, 0.3) is 0 Å². The van der Waals surface area contributed by atoms with Gasteiger partial charge in [0.1, 0.15) is 5.75 Å². The van der Waals surface area contributed by atoms with Crippen molar-refractivity contribution in [2.75, 3.05) is 18.1 Å². The van der Waals surface area contributed by atoms with E-state index in [2.05, 4.69) is 82.0 Å². The van der Waals surface area contributed by atoms with Crippen LogP contribution in [0.3, 0.4) is 0 Å². The molecular weight excluding hydrogens is 282 g/mol. The van der Waals surface area contributed by atoms with Crippen molar-refractivity contribution in [3.05, 3.63) is 53.6 Å². The van der Waals surface area contributed by atoms with Crippen molar-refractivity contribution in [1.29, 1.82) is 0 Å². The minimum Gasteiger partial charge on any atom is -0.492 e. The van der Waals surface area contributed by atoms with Gasteiger partial charge in [-0.15, -0.1) is 0 Å². The molecule has 2 aromatic carbocycles. The molecule has 0 aliphatic carbocycles. The molecule has 2 heteroatoms. The smallest absolute Gasteiger partial charge is 0.126 e. The number of hydrogen-bond acceptors (Lipinski definition) is 2. The van der Waals surface area contributed by atoms with Gasteiger partial charge in [-0.2, -0.15) is 0 Å². The Hall–Kier alpha value is -1.96. The molecule has 0 atom stereocenters. The summed E-state index contributed by atoms with van der Waals surface area (Å²) < 4.78 is 6.06. The predicted octanol–water partition coefficient (Wildman–Crippen LogP) is 5.64. The van der Waals surface area contributed by atoms with Crippen LogP contribution in [0.2, 0.25) is 0 Å². The van der Waals surface area contributed by atoms with Crippen LogP contribution in [0.15, 0.2) is 42.5 Å². The van der Waals surface area contributed by atoms with Crippen molar-refractivity contribution >= 4 is 11.4 Å². The fourth-order valence-corrected chi connectivity index (χ4v) is 3.34. The van der Waals surface area contributed by atoms with Crippen LogP contribution in [0.5, 0.6) is 5.75 Å². The normalized spacial score (nSPS) is 15.4. The highest BCUT2D eigenvalue weighted by Crippen LogP contribution is 2.46. The minimum atomic E-state index is 0.0745. The molecule has 0 radical (unpaired) electrons. The van der Waals surface area contributed by atoms with Crippen molar-refractivity contribution in [3.63, 3.8) is 0 Å². The third kappa shape index (κ3) is 2.83. The summed E-state index contributed by atoms with van der Waals surface area (Å²) in [6.07, 6.45) is 0. The average molecular weight is 309 g/mol. The van der Waals surface area contributed by atoms with E-state index in [9.17, 15) is 0 Å². The molecule has 3 rings (SSSR count). The Balaban J connectivity index is 2.15. The average Bonchev–Trinajstić information content (AvgIpc) is 2.84. The van der Waals surface area contributed by atoms with Crippen LogP contribution >= 0.6 is 0 Å². The summed E-state index contributed by atoms with van der Waals surface area (Å²) in [6, 6.07) is 15.2. The van der Waals surface area contributed by atoms with Gasteiger partial charge in [-0.3, -0.25) is 0 Å². The second-order valence-electron chi connectivity index (χ2n) is 7.32. The van der Waals surface area contributed by atoms with E-state index in [0.717, 1.165) is 18.9 Å². The standard InChI is InChI=1S/C21H27NO/c1-6-22(16-10-8-7-9-11-16)17-12-18(15(2)3)20-19(13-17)21(4,5)14-23-20/h7-13,15H,6,14H2,1-5H3. The van der Waals surface area contributed by atoms with Gasteiger partial charge in [0.05, 0.1) is 6.61 Å². The molecule has 0 aromatic heterocycles. The number of rotatable bonds is 4. The molecule has 122 valence electrons. The summed E-state index contributed by atoms with van der Waals surface area (Å²) in [5.74, 6) is 1.56. The van der Waals surface area contributed by atoms with E-state index in [-0.39, 0.29) is 5.41 Å². The Kier molecular flexibility index (Phi) is 4.09. The molecule has 0 saturated carbocycles. The molecule has 1 heterocycles. The summed E-state index contributed by atoms with van der Waals surface area (Å²) in [6.45, 7) is 12.9. The van der Waals surface area contributed by atoms with Crippen LogP contribution in [-0.2, 0) is 5.41 Å². The van der Waals surface area contributed by atoms with Crippen LogP contribution in [0, 0.1) is 0 Å². The molecule has 2 nitrogen and oxygen atoms in total. The molecule has 23 heavy (non-hydrogen) atoms. The van der Waals surface area contributed by atoms with Crippen molar-refractivity contribution in [2.24, 2.45) is 0 Å². The van der Waals surface area contributed by atoms with Crippen LogP contribution in [0.4, 0.5) is 11.4 Å². The first-order valence-corrected chi connectivity index (χ1v) is 8.58. The number of nitrogens with zero attached hydrogens (tertiary/aromatic N) is 1. The monoisotopic (exact) mass is 309 g/mol. The van der Waals surface area contributed by atoms with E-state index >= 15 is 0 Å². The molecule has 0 amide bonds. The van der Waals surface area contributed by atoms with Gasteiger partial charge in [0.15, 0.2) is 0 Å². The Morgan fingerprint density at radius 3 is 2.39 bits per heavy atom. The molecule has 0 saturated heterocycles. The van der Waals surface area contributed by atoms with Gasteiger partial charge >= 0.3 is 0 Å². The lowest BCUT2D eigenvalue weighted by molar-refractivity contribution is 0.288. The number of para-hydroxylation sites is 1. The topological polar surface area (TPSA) is 12.5 Å². The number of benzene rings is 2. The third-order valence-corrected chi connectivity index (χ3v) is 4.73. The van der Waals surface area contributed by atoms with E-state index in [1.165, 1.54) is 22.5 Å². The summed E-state index contributed by atoms with van der Waals surface area (Å²) in [5, 5.41) is 0. The van der Waals surface area contributed by atoms with Gasteiger partial charge in [-0.1, -0.05) is 45.9 Å². The van der Waals surface area contributed by atoms with Gasteiger partial charge < -0.3 is 9.64 Å². The van der Waals surface area contributed by atoms with Crippen molar-refractivity contribution in [1.82, 2.24) is 0 Å². The van der Waals surface area contributed by atoms with E-state index in [4.69, 9.17) is 4.74 Å². The minimum absolute atomic E-state index is 0.0745. The van der Waals surface area contributed by atoms with Crippen LogP contribution < -0.4 is 9.64 Å². The maximum Gasteiger partial charge on any atom is 0.126 e. The highest BCUT2D eigenvalue weighted by atomic mass is 16.5. The second kappa shape index (κ2) is 5.92. The van der Waals surface area contributed by atoms with Gasteiger partial charge in [-0.05, 0) is 42.7 Å². The van der Waals surface area contributed by atoms with Crippen molar-refractivity contribution in [3.8, 4) is 5.75 Å². The Labute approximate surface area is 140 Å². The highest BCUT2D eigenvalue weighted by molar-refractivity contribution is 5.68. The van der Waals surface area contributed by atoms with Gasteiger partial charge in [0.2, 0.25) is 0 Å². The first-order chi connectivity index (χ1) is 10.9. The van der Waals surface area contributed by atoms with E-state index in [1.54, 1.807) is 0 Å². The number of anilines is 2. The van der Waals surface area contributed by atoms with Crippen molar-refractivity contribution < 1.29 is 4.74 Å². The van der Waals surface area contributed by atoms with E-state index in [0.29, 0.717) is 5.92 Å². The van der Waals surface area contributed by atoms with E-state index < -0.39 is 0 Å². The summed E-state index contributed by atoms with van der Waals surface area (Å²) in [5.41, 5.74) is 5.23. The Morgan fingerprint density at radius 2 is 1.78 bits per heavy atom. The largest absolute Gasteiger partial charge is 0.492 e. The highest BCUT2D eigenvalue weighted by Gasteiger charge is 2.34. The molecule has 0 N–H and O–H groups in total.